The first-order chi connectivity index (χ1) is 15.4. The molecule has 2 rings (SSSR count). The Morgan fingerprint density at radius 3 is 2.66 bits per heavy atom. The fraction of sp³-hybridized carbons (Fsp3) is 0.583. The van der Waals surface area contributed by atoms with Crippen molar-refractivity contribution in [3.8, 4) is 11.5 Å². The number of nitrogens with one attached hydrogen (secondary N) is 1. The van der Waals surface area contributed by atoms with E-state index in [1.165, 1.54) is 0 Å². The van der Waals surface area contributed by atoms with Gasteiger partial charge in [0.25, 0.3) is 0 Å². The molecule has 0 radical (unpaired) electrons. The fourth-order valence-electron chi connectivity index (χ4n) is 3.66. The molecule has 178 valence electrons. The van der Waals surface area contributed by atoms with E-state index in [1.54, 1.807) is 7.11 Å². The van der Waals surface area contributed by atoms with Gasteiger partial charge in [0.15, 0.2) is 0 Å². The Morgan fingerprint density at radius 2 is 2.00 bits per heavy atom. The van der Waals surface area contributed by atoms with Crippen LogP contribution in [0.3, 0.4) is 0 Å². The van der Waals surface area contributed by atoms with E-state index in [1.807, 2.05) is 25.1 Å². The van der Waals surface area contributed by atoms with Crippen LogP contribution in [0.25, 0.3) is 0 Å². The smallest absolute Gasteiger partial charge is 0.222 e. The predicted octanol–water partition coefficient (Wildman–Crippen LogP) is 3.26. The van der Waals surface area contributed by atoms with Crippen LogP contribution in [0, 0.1) is 6.92 Å². The van der Waals surface area contributed by atoms with Crippen LogP contribution in [0.4, 0.5) is 11.8 Å². The first kappa shape index (κ1) is 25.7. The maximum Gasteiger partial charge on any atom is 0.222 e. The summed E-state index contributed by atoms with van der Waals surface area (Å²) in [6.07, 6.45) is 4.15. The summed E-state index contributed by atoms with van der Waals surface area (Å²) in [5, 5.41) is 12.9. The largest absolute Gasteiger partial charge is 0.496 e. The van der Waals surface area contributed by atoms with E-state index in [0.717, 1.165) is 54.1 Å². The Labute approximate surface area is 192 Å². The van der Waals surface area contributed by atoms with E-state index < -0.39 is 0 Å². The number of benzene rings is 1. The molecule has 0 saturated carbocycles. The van der Waals surface area contributed by atoms with E-state index in [2.05, 4.69) is 41.2 Å². The van der Waals surface area contributed by atoms with Crippen molar-refractivity contribution in [3.63, 3.8) is 0 Å². The van der Waals surface area contributed by atoms with Gasteiger partial charge in [-0.05, 0) is 51.9 Å². The molecule has 1 aromatic heterocycles. The molecular weight excluding hydrogens is 406 g/mol. The second kappa shape index (κ2) is 13.1. The van der Waals surface area contributed by atoms with Crippen LogP contribution >= 0.6 is 0 Å². The molecular formula is C24H39N5O3. The lowest BCUT2D eigenvalue weighted by Crippen LogP contribution is -2.23. The van der Waals surface area contributed by atoms with Crippen molar-refractivity contribution in [1.82, 2.24) is 14.9 Å². The van der Waals surface area contributed by atoms with Crippen LogP contribution in [-0.2, 0) is 6.42 Å². The minimum absolute atomic E-state index is 0.121. The van der Waals surface area contributed by atoms with Crippen molar-refractivity contribution < 1.29 is 14.6 Å². The van der Waals surface area contributed by atoms with Gasteiger partial charge >= 0.3 is 0 Å². The number of aryl methyl sites for hydroxylation is 1. The summed E-state index contributed by atoms with van der Waals surface area (Å²) >= 11 is 0. The minimum Gasteiger partial charge on any atom is -0.496 e. The molecule has 0 aliphatic rings. The molecule has 8 heteroatoms. The summed E-state index contributed by atoms with van der Waals surface area (Å²) in [7, 11) is 5.77. The average molecular weight is 446 g/mol. The van der Waals surface area contributed by atoms with Crippen LogP contribution in [0.5, 0.6) is 11.5 Å². The van der Waals surface area contributed by atoms with Crippen molar-refractivity contribution >= 4 is 11.8 Å². The zero-order chi connectivity index (χ0) is 23.5. The number of aliphatic hydroxyl groups excluding tert-OH is 1. The molecule has 0 aliphatic heterocycles. The third-order valence-corrected chi connectivity index (χ3v) is 5.33. The van der Waals surface area contributed by atoms with E-state index in [-0.39, 0.29) is 18.6 Å². The van der Waals surface area contributed by atoms with Gasteiger partial charge in [0.05, 0.1) is 13.7 Å². The highest BCUT2D eigenvalue weighted by Crippen LogP contribution is 2.30. The molecule has 8 nitrogen and oxygen atoms in total. The van der Waals surface area contributed by atoms with Crippen molar-refractivity contribution in [3.05, 3.63) is 35.0 Å². The van der Waals surface area contributed by atoms with Gasteiger partial charge in [0.2, 0.25) is 5.95 Å². The molecule has 2 aromatic rings. The molecule has 4 N–H and O–H groups in total. The molecule has 0 bridgehead atoms. The maximum absolute atomic E-state index is 9.43. The summed E-state index contributed by atoms with van der Waals surface area (Å²) < 4.78 is 11.5. The van der Waals surface area contributed by atoms with Gasteiger partial charge in [-0.25, -0.2) is 4.98 Å². The zero-order valence-corrected chi connectivity index (χ0v) is 20.1. The molecule has 0 amide bonds. The molecule has 1 heterocycles. The van der Waals surface area contributed by atoms with Crippen molar-refractivity contribution in [2.45, 2.75) is 52.0 Å². The lowest BCUT2D eigenvalue weighted by molar-refractivity contribution is 0.276. The SMILES string of the molecule is CCC[C@@H](CCO)Nc1nc(N)nc(C)c1Cc1ccc(OCCCN(C)C)cc1OC. The average Bonchev–Trinajstić information content (AvgIpc) is 2.74. The van der Waals surface area contributed by atoms with Crippen LogP contribution in [0.15, 0.2) is 18.2 Å². The monoisotopic (exact) mass is 445 g/mol. The van der Waals surface area contributed by atoms with Gasteiger partial charge in [-0.1, -0.05) is 19.4 Å². The van der Waals surface area contributed by atoms with E-state index >= 15 is 0 Å². The van der Waals surface area contributed by atoms with Gasteiger partial charge in [-0.3, -0.25) is 0 Å². The van der Waals surface area contributed by atoms with Gasteiger partial charge in [-0.15, -0.1) is 0 Å². The van der Waals surface area contributed by atoms with Crippen molar-refractivity contribution in [2.75, 3.05) is 52.0 Å². The summed E-state index contributed by atoms with van der Waals surface area (Å²) in [5.41, 5.74) is 8.75. The van der Waals surface area contributed by atoms with E-state index in [4.69, 9.17) is 15.2 Å². The zero-order valence-electron chi connectivity index (χ0n) is 20.1. The summed E-state index contributed by atoms with van der Waals surface area (Å²) in [6.45, 7) is 5.83. The molecule has 0 fully saturated rings. The Balaban J connectivity index is 2.23. The summed E-state index contributed by atoms with van der Waals surface area (Å²) in [4.78, 5) is 11.0. The lowest BCUT2D eigenvalue weighted by Gasteiger charge is -2.21. The number of nitrogens with two attached hydrogens (primary N) is 1. The first-order valence-electron chi connectivity index (χ1n) is 11.3. The Morgan fingerprint density at radius 1 is 1.22 bits per heavy atom. The summed E-state index contributed by atoms with van der Waals surface area (Å²) in [5.74, 6) is 2.51. The van der Waals surface area contributed by atoms with E-state index in [0.29, 0.717) is 25.3 Å². The first-order valence-corrected chi connectivity index (χ1v) is 11.3. The Bertz CT molecular complexity index is 839. The quantitative estimate of drug-likeness (QED) is 0.381. The van der Waals surface area contributed by atoms with Crippen LogP contribution < -0.4 is 20.5 Å². The fourth-order valence-corrected chi connectivity index (χ4v) is 3.66. The lowest BCUT2D eigenvalue weighted by atomic mass is 10.0. The number of rotatable bonds is 14. The van der Waals surface area contributed by atoms with Crippen LogP contribution in [-0.4, -0.2) is 67.0 Å². The maximum atomic E-state index is 9.43. The normalized spacial score (nSPS) is 12.1. The number of nitrogen functional groups attached to an aromatic ring is 1. The number of aliphatic hydroxyl groups is 1. The molecule has 0 aliphatic carbocycles. The van der Waals surface area contributed by atoms with Crippen LogP contribution in [0.2, 0.25) is 0 Å². The predicted molar refractivity (Wildman–Crippen MR) is 130 cm³/mol. The third-order valence-electron chi connectivity index (χ3n) is 5.33. The number of hydrogen-bond acceptors (Lipinski definition) is 8. The number of methoxy groups -OCH3 is 1. The van der Waals surface area contributed by atoms with Gasteiger partial charge in [0, 0.05) is 42.9 Å². The number of anilines is 2. The third kappa shape index (κ3) is 7.84. The van der Waals surface area contributed by atoms with Crippen LogP contribution in [0.1, 0.15) is 49.4 Å². The molecule has 1 aromatic carbocycles. The van der Waals surface area contributed by atoms with Gasteiger partial charge in [0.1, 0.15) is 17.3 Å². The number of nitrogens with zero attached hydrogens (tertiary/aromatic N) is 3. The summed E-state index contributed by atoms with van der Waals surface area (Å²) in [6, 6.07) is 6.05. The number of ether oxygens (including phenoxy) is 2. The molecule has 0 spiro atoms. The van der Waals surface area contributed by atoms with E-state index in [9.17, 15) is 5.11 Å². The highest BCUT2D eigenvalue weighted by atomic mass is 16.5. The van der Waals surface area contributed by atoms with Crippen molar-refractivity contribution in [2.24, 2.45) is 0 Å². The van der Waals surface area contributed by atoms with Gasteiger partial charge in [-0.2, -0.15) is 4.98 Å². The highest BCUT2D eigenvalue weighted by Gasteiger charge is 2.17. The molecule has 0 unspecified atom stereocenters. The highest BCUT2D eigenvalue weighted by molar-refractivity contribution is 5.54. The standard InChI is InChI=1S/C24H39N5O3/c1-6-8-19(11-13-30)27-23-21(17(2)26-24(25)28-23)15-18-9-10-20(16-22(18)31-5)32-14-7-12-29(3)4/h9-10,16,19,30H,6-8,11-15H2,1-5H3,(H3,25,26,27,28)/t19-/m0/s1. The molecule has 1 atom stereocenters. The second-order valence-corrected chi connectivity index (χ2v) is 8.29. The second-order valence-electron chi connectivity index (χ2n) is 8.29. The molecule has 32 heavy (non-hydrogen) atoms. The Hall–Kier alpha value is -2.58. The Kier molecular flexibility index (Phi) is 10.5. The minimum atomic E-state index is 0.121. The number of hydrogen-bond donors (Lipinski definition) is 3. The topological polar surface area (TPSA) is 106 Å². The number of aromatic nitrogens is 2. The molecule has 0 saturated heterocycles. The van der Waals surface area contributed by atoms with Gasteiger partial charge < -0.3 is 30.5 Å². The van der Waals surface area contributed by atoms with Crippen molar-refractivity contribution in [1.29, 1.82) is 0 Å².